The molecule has 14 heteroatoms. The number of ether oxygens (including phenoxy) is 6. The molecule has 0 bridgehead atoms. The van der Waals surface area contributed by atoms with E-state index >= 15 is 0 Å². The number of fused-ring (bicyclic) bond motifs is 6. The molecule has 12 nitrogen and oxygen atoms in total. The van der Waals surface area contributed by atoms with Crippen LogP contribution in [-0.2, 0) is 51.3 Å². The summed E-state index contributed by atoms with van der Waals surface area (Å²) in [4.78, 5) is 32.8. The standard InChI is InChI=1S/C19H21N2O4.C19H17N2O4.2U/c2*1-2-13-3-4-16-14(9-13)5-6-21-17(16)10-18(20-19(21)22)25-12-15-11-23-7-8-24-15;;/h3-4,9-10,15H,1-2,5-8,11-12H2;3-4,9-10,15H,5-8,11-12H2;;/q2*-1;;. The van der Waals surface area contributed by atoms with E-state index in [-0.39, 0.29) is 85.8 Å². The maximum absolute atomic E-state index is 12.4. The molecule has 268 valence electrons. The van der Waals surface area contributed by atoms with E-state index in [0.717, 1.165) is 52.9 Å². The Morgan fingerprint density at radius 1 is 0.750 bits per heavy atom. The van der Waals surface area contributed by atoms with Gasteiger partial charge in [-0.3, -0.25) is 15.1 Å². The van der Waals surface area contributed by atoms with E-state index in [1.165, 1.54) is 11.1 Å². The minimum absolute atomic E-state index is 0. The van der Waals surface area contributed by atoms with Gasteiger partial charge in [-0.25, -0.2) is 9.59 Å². The Labute approximate surface area is 349 Å². The maximum Gasteiger partial charge on any atom is 0.351 e. The van der Waals surface area contributed by atoms with E-state index in [1.807, 2.05) is 24.3 Å². The summed E-state index contributed by atoms with van der Waals surface area (Å²) >= 11 is 0. The van der Waals surface area contributed by atoms with E-state index in [9.17, 15) is 9.59 Å². The quantitative estimate of drug-likeness (QED) is 0.202. The van der Waals surface area contributed by atoms with E-state index in [2.05, 4.69) is 41.0 Å². The molecule has 0 N–H and O–H groups in total. The second-order valence-electron chi connectivity index (χ2n) is 12.3. The fourth-order valence-corrected chi connectivity index (χ4v) is 6.47. The molecule has 2 saturated heterocycles. The van der Waals surface area contributed by atoms with Gasteiger partial charge < -0.3 is 41.8 Å². The minimum atomic E-state index is -0.318. The molecule has 52 heavy (non-hydrogen) atoms. The summed E-state index contributed by atoms with van der Waals surface area (Å²) in [6, 6.07) is 15.6. The van der Waals surface area contributed by atoms with Gasteiger partial charge in [0.1, 0.15) is 25.4 Å². The van der Waals surface area contributed by atoms with E-state index in [1.54, 1.807) is 15.2 Å². The van der Waals surface area contributed by atoms with Crippen molar-refractivity contribution in [3.05, 3.63) is 105 Å². The molecular formula is C38H38N4O8U2-2. The fraction of sp³-hybridized carbons (Fsp3) is 0.395. The first-order chi connectivity index (χ1) is 24.5. The van der Waals surface area contributed by atoms with Crippen LogP contribution in [0.25, 0.3) is 22.5 Å². The smallest absolute Gasteiger partial charge is 0.351 e. The fourth-order valence-electron chi connectivity index (χ4n) is 6.47. The van der Waals surface area contributed by atoms with Crippen molar-refractivity contribution in [2.45, 2.75) is 44.6 Å². The summed E-state index contributed by atoms with van der Waals surface area (Å²) in [5, 5.41) is 0. The molecule has 2 atom stereocenters. The molecule has 4 aromatic rings. The molecular weight excluding hydrogens is 1120 g/mol. The van der Waals surface area contributed by atoms with Crippen molar-refractivity contribution in [3.8, 4) is 40.2 Å². The van der Waals surface area contributed by atoms with Gasteiger partial charge in [-0.2, -0.15) is 16.4 Å². The zero-order valence-electron chi connectivity index (χ0n) is 28.7. The van der Waals surface area contributed by atoms with Gasteiger partial charge >= 0.3 is 11.4 Å². The van der Waals surface area contributed by atoms with Crippen LogP contribution < -0.4 is 20.9 Å². The SMILES string of the molecule is [C-]#Cc1ccc2c(c1)CCn1c-2cc(OCC2COCCO2)nc1=O.[CH2-]Cc1ccc2c(c1)CCn1c-2cc(OCC2COCCO2)nc1=O.[U].[U]. The predicted octanol–water partition coefficient (Wildman–Crippen LogP) is 2.84. The predicted molar refractivity (Wildman–Crippen MR) is 183 cm³/mol. The average molecular weight is 1150 g/mol. The van der Waals surface area contributed by atoms with Gasteiger partial charge in [0.15, 0.2) is 0 Å². The topological polar surface area (TPSA) is 125 Å². The van der Waals surface area contributed by atoms with Crippen molar-refractivity contribution >= 4 is 0 Å². The molecule has 0 amide bonds. The second-order valence-corrected chi connectivity index (χ2v) is 12.3. The number of benzene rings is 2. The Morgan fingerprint density at radius 3 is 1.75 bits per heavy atom. The Bertz CT molecular complexity index is 2020. The molecule has 8 rings (SSSR count). The normalized spacial score (nSPS) is 18.2. The molecule has 6 heterocycles. The van der Waals surface area contributed by atoms with Crippen molar-refractivity contribution in [2.75, 3.05) is 52.9 Å². The van der Waals surface area contributed by atoms with Crippen LogP contribution in [0, 0.1) is 81.5 Å². The first kappa shape index (κ1) is 40.5. The molecule has 2 aromatic heterocycles. The van der Waals surface area contributed by atoms with Crippen LogP contribution in [0.1, 0.15) is 22.3 Å². The summed E-state index contributed by atoms with van der Waals surface area (Å²) in [5.41, 5.74) is 7.34. The average Bonchev–Trinajstić information content (AvgIpc) is 3.16. The van der Waals surface area contributed by atoms with Crippen molar-refractivity contribution in [2.24, 2.45) is 0 Å². The molecule has 0 saturated carbocycles. The monoisotopic (exact) mass is 1150 g/mol. The van der Waals surface area contributed by atoms with Crippen molar-refractivity contribution in [1.82, 2.24) is 19.1 Å². The van der Waals surface area contributed by atoms with Crippen molar-refractivity contribution in [3.63, 3.8) is 0 Å². The zero-order valence-corrected chi connectivity index (χ0v) is 37.1. The molecule has 0 spiro atoms. The van der Waals surface area contributed by atoms with Crippen LogP contribution in [-0.4, -0.2) is 84.2 Å². The number of aryl methyl sites for hydroxylation is 2. The number of hydrogen-bond donors (Lipinski definition) is 0. The Morgan fingerprint density at radius 2 is 1.27 bits per heavy atom. The molecule has 4 aliphatic rings. The van der Waals surface area contributed by atoms with Crippen molar-refractivity contribution in [1.29, 1.82) is 0 Å². The first-order valence-electron chi connectivity index (χ1n) is 16.8. The van der Waals surface area contributed by atoms with Crippen LogP contribution in [0.5, 0.6) is 11.8 Å². The van der Waals surface area contributed by atoms with Gasteiger partial charge in [0, 0.05) is 93.0 Å². The molecule has 0 radical (unpaired) electrons. The minimum Gasteiger partial charge on any atom is -0.475 e. The summed E-state index contributed by atoms with van der Waals surface area (Å²) in [6.45, 7) is 9.06. The van der Waals surface area contributed by atoms with Crippen LogP contribution in [0.4, 0.5) is 0 Å². The van der Waals surface area contributed by atoms with Crippen LogP contribution in [0.2, 0.25) is 0 Å². The Hall–Kier alpha value is -2.70. The van der Waals surface area contributed by atoms with Gasteiger partial charge in [0.25, 0.3) is 0 Å². The molecule has 2 unspecified atom stereocenters. The summed E-state index contributed by atoms with van der Waals surface area (Å²) in [7, 11) is 0. The van der Waals surface area contributed by atoms with Crippen LogP contribution in [0.15, 0.2) is 58.1 Å². The van der Waals surface area contributed by atoms with E-state index in [4.69, 9.17) is 34.8 Å². The molecule has 2 fully saturated rings. The van der Waals surface area contributed by atoms with Gasteiger partial charge in [-0.1, -0.05) is 35.4 Å². The number of rotatable bonds is 7. The third kappa shape index (κ3) is 9.50. The van der Waals surface area contributed by atoms with Crippen LogP contribution in [0.3, 0.4) is 0 Å². The molecule has 2 aromatic carbocycles. The van der Waals surface area contributed by atoms with Gasteiger partial charge in [-0.05, 0) is 24.0 Å². The Balaban J connectivity index is 0.000000194. The van der Waals surface area contributed by atoms with Gasteiger partial charge in [0.05, 0.1) is 51.0 Å². The zero-order chi connectivity index (χ0) is 34.5. The van der Waals surface area contributed by atoms with Crippen LogP contribution >= 0.6 is 0 Å². The Kier molecular flexibility index (Phi) is 14.8. The van der Waals surface area contributed by atoms with E-state index in [0.29, 0.717) is 77.7 Å². The first-order valence-corrected chi connectivity index (χ1v) is 16.8. The van der Waals surface area contributed by atoms with E-state index < -0.39 is 0 Å². The molecule has 0 aliphatic carbocycles. The summed E-state index contributed by atoms with van der Waals surface area (Å²) in [6.07, 6.45) is 9.31. The largest absolute Gasteiger partial charge is 0.475 e. The van der Waals surface area contributed by atoms with Gasteiger partial charge in [-0.15, -0.1) is 17.7 Å². The number of aromatic nitrogens is 4. The summed E-state index contributed by atoms with van der Waals surface area (Å²) in [5.74, 6) is 3.02. The van der Waals surface area contributed by atoms with Gasteiger partial charge in [0.2, 0.25) is 11.8 Å². The molecule has 4 aliphatic heterocycles. The number of nitrogens with zero attached hydrogens (tertiary/aromatic N) is 4. The van der Waals surface area contributed by atoms with Crippen molar-refractivity contribution < 1.29 is 90.6 Å². The third-order valence-corrected chi connectivity index (χ3v) is 9.05. The number of hydrogen-bond acceptors (Lipinski definition) is 10. The summed E-state index contributed by atoms with van der Waals surface area (Å²) < 4.78 is 36.6. The third-order valence-electron chi connectivity index (χ3n) is 9.05. The maximum atomic E-state index is 12.4. The second kappa shape index (κ2) is 19.1.